The Bertz CT molecular complexity index is 358. The third-order valence-electron chi connectivity index (χ3n) is 3.63. The van der Waals surface area contributed by atoms with Crippen LogP contribution in [0.5, 0.6) is 0 Å². The lowest BCUT2D eigenvalue weighted by molar-refractivity contribution is 0.0802. The van der Waals surface area contributed by atoms with Gasteiger partial charge in [-0.05, 0) is 17.4 Å². The number of rotatable bonds is 7. The average molecular weight is 262 g/mol. The summed E-state index contributed by atoms with van der Waals surface area (Å²) in [6.45, 7) is 10.7. The van der Waals surface area contributed by atoms with Crippen molar-refractivity contribution in [2.75, 3.05) is 32.9 Å². The van der Waals surface area contributed by atoms with E-state index in [0.29, 0.717) is 5.41 Å². The summed E-state index contributed by atoms with van der Waals surface area (Å²) in [5.74, 6) is 0. The summed E-state index contributed by atoms with van der Waals surface area (Å²) in [6.07, 6.45) is 1.11. The van der Waals surface area contributed by atoms with Crippen LogP contribution in [0.3, 0.4) is 0 Å². The van der Waals surface area contributed by atoms with Gasteiger partial charge in [-0.15, -0.1) is 0 Å². The molecule has 1 aliphatic rings. The van der Waals surface area contributed by atoms with E-state index in [2.05, 4.69) is 48.3 Å². The summed E-state index contributed by atoms with van der Waals surface area (Å²) in [5, 5.41) is 3.38. The van der Waals surface area contributed by atoms with Crippen LogP contribution in [0, 0.1) is 5.41 Å². The molecule has 0 bridgehead atoms. The molecule has 106 valence electrons. The fourth-order valence-corrected chi connectivity index (χ4v) is 2.49. The first kappa shape index (κ1) is 14.5. The molecule has 0 radical (unpaired) electrons. The molecule has 1 aromatic carbocycles. The normalized spacial score (nSPS) is 16.9. The second-order valence-electron chi connectivity index (χ2n) is 6.16. The van der Waals surface area contributed by atoms with E-state index in [1.54, 1.807) is 0 Å². The maximum atomic E-state index is 5.79. The van der Waals surface area contributed by atoms with Gasteiger partial charge in [-0.2, -0.15) is 0 Å². The van der Waals surface area contributed by atoms with Gasteiger partial charge < -0.3 is 10.1 Å². The van der Waals surface area contributed by atoms with Crippen molar-refractivity contribution in [3.05, 3.63) is 35.9 Å². The van der Waals surface area contributed by atoms with Gasteiger partial charge >= 0.3 is 0 Å². The lowest BCUT2D eigenvalue weighted by Gasteiger charge is -2.29. The maximum absolute atomic E-state index is 5.79. The first-order chi connectivity index (χ1) is 9.16. The summed E-state index contributed by atoms with van der Waals surface area (Å²) in [4.78, 5) is 2.48. The summed E-state index contributed by atoms with van der Waals surface area (Å²) in [6, 6.07) is 10.4. The Morgan fingerprint density at radius 3 is 2.74 bits per heavy atom. The molecule has 0 saturated carbocycles. The van der Waals surface area contributed by atoms with Crippen molar-refractivity contribution in [2.45, 2.75) is 26.9 Å². The second-order valence-corrected chi connectivity index (χ2v) is 6.16. The molecule has 1 heterocycles. The molecule has 19 heavy (non-hydrogen) atoms. The minimum atomic E-state index is 0.322. The van der Waals surface area contributed by atoms with Gasteiger partial charge in [0.05, 0.1) is 6.61 Å². The third-order valence-corrected chi connectivity index (χ3v) is 3.63. The Morgan fingerprint density at radius 2 is 2.05 bits per heavy atom. The van der Waals surface area contributed by atoms with E-state index in [1.165, 1.54) is 12.1 Å². The second kappa shape index (κ2) is 7.04. The highest BCUT2D eigenvalue weighted by Gasteiger charge is 2.23. The van der Waals surface area contributed by atoms with Crippen LogP contribution >= 0.6 is 0 Å². The van der Waals surface area contributed by atoms with Crippen molar-refractivity contribution >= 4 is 0 Å². The zero-order chi connectivity index (χ0) is 13.6. The van der Waals surface area contributed by atoms with Crippen LogP contribution in [0.1, 0.15) is 25.8 Å². The lowest BCUT2D eigenvalue weighted by atomic mass is 9.89. The number of hydrogen-bond donors (Lipinski definition) is 1. The van der Waals surface area contributed by atoms with Crippen LogP contribution in [-0.4, -0.2) is 37.8 Å². The molecule has 1 fully saturated rings. The van der Waals surface area contributed by atoms with E-state index in [-0.39, 0.29) is 0 Å². The quantitative estimate of drug-likeness (QED) is 0.764. The van der Waals surface area contributed by atoms with Crippen molar-refractivity contribution in [1.82, 2.24) is 10.2 Å². The highest BCUT2D eigenvalue weighted by molar-refractivity contribution is 5.13. The number of benzene rings is 1. The zero-order valence-electron chi connectivity index (χ0n) is 12.2. The van der Waals surface area contributed by atoms with Crippen molar-refractivity contribution in [3.8, 4) is 0 Å². The minimum absolute atomic E-state index is 0.322. The van der Waals surface area contributed by atoms with Gasteiger partial charge in [0.15, 0.2) is 0 Å². The molecule has 0 amide bonds. The molecule has 1 saturated heterocycles. The Kier molecular flexibility index (Phi) is 5.37. The van der Waals surface area contributed by atoms with Crippen LogP contribution < -0.4 is 5.32 Å². The van der Waals surface area contributed by atoms with E-state index in [4.69, 9.17) is 4.74 Å². The first-order valence-corrected chi connectivity index (χ1v) is 7.20. The van der Waals surface area contributed by atoms with Gasteiger partial charge in [-0.25, -0.2) is 0 Å². The minimum Gasteiger partial charge on any atom is -0.377 e. The molecule has 0 aliphatic carbocycles. The van der Waals surface area contributed by atoms with Crippen molar-refractivity contribution < 1.29 is 4.74 Å². The van der Waals surface area contributed by atoms with E-state index in [9.17, 15) is 0 Å². The predicted molar refractivity (Wildman–Crippen MR) is 78.9 cm³/mol. The molecule has 3 nitrogen and oxygen atoms in total. The lowest BCUT2D eigenvalue weighted by Crippen LogP contribution is -2.34. The number of ether oxygens (including phenoxy) is 1. The van der Waals surface area contributed by atoms with Gasteiger partial charge in [-0.3, -0.25) is 4.90 Å². The van der Waals surface area contributed by atoms with E-state index in [0.717, 1.165) is 39.4 Å². The van der Waals surface area contributed by atoms with Gasteiger partial charge in [0, 0.05) is 32.9 Å². The Hall–Kier alpha value is -0.900. The van der Waals surface area contributed by atoms with Crippen LogP contribution in [0.2, 0.25) is 0 Å². The number of nitrogens with zero attached hydrogens (tertiary/aromatic N) is 1. The fraction of sp³-hybridized carbons (Fsp3) is 0.625. The van der Waals surface area contributed by atoms with Crippen LogP contribution in [0.25, 0.3) is 0 Å². The van der Waals surface area contributed by atoms with Gasteiger partial charge in [0.1, 0.15) is 0 Å². The summed E-state index contributed by atoms with van der Waals surface area (Å²) in [5.41, 5.74) is 1.58. The highest BCUT2D eigenvalue weighted by atomic mass is 16.5. The van der Waals surface area contributed by atoms with Gasteiger partial charge in [0.25, 0.3) is 0 Å². The summed E-state index contributed by atoms with van der Waals surface area (Å²) < 4.78 is 5.79. The summed E-state index contributed by atoms with van der Waals surface area (Å²) in [7, 11) is 0. The molecule has 3 heteroatoms. The molecule has 0 aromatic heterocycles. The van der Waals surface area contributed by atoms with Crippen molar-refractivity contribution in [3.63, 3.8) is 0 Å². The molecule has 0 spiro atoms. The van der Waals surface area contributed by atoms with Gasteiger partial charge in [0.2, 0.25) is 0 Å². The zero-order valence-corrected chi connectivity index (χ0v) is 12.2. The molecule has 0 atom stereocenters. The molecule has 1 aliphatic heterocycles. The Labute approximate surface area is 116 Å². The largest absolute Gasteiger partial charge is 0.377 e. The van der Waals surface area contributed by atoms with E-state index < -0.39 is 0 Å². The van der Waals surface area contributed by atoms with Crippen LogP contribution in [0.15, 0.2) is 30.3 Å². The van der Waals surface area contributed by atoms with E-state index >= 15 is 0 Å². The molecule has 2 rings (SSSR count). The Balaban J connectivity index is 1.63. The third kappa shape index (κ3) is 5.31. The maximum Gasteiger partial charge on any atom is 0.0716 e. The van der Waals surface area contributed by atoms with Crippen LogP contribution in [0.4, 0.5) is 0 Å². The molecular formula is C16H26N2O. The SMILES string of the molecule is CC(C)(CCOCc1ccccc1)CN1CCNC1. The Morgan fingerprint density at radius 1 is 1.26 bits per heavy atom. The summed E-state index contributed by atoms with van der Waals surface area (Å²) >= 11 is 0. The molecule has 0 unspecified atom stereocenters. The fourth-order valence-electron chi connectivity index (χ4n) is 2.49. The molecule has 1 aromatic rings. The monoisotopic (exact) mass is 262 g/mol. The first-order valence-electron chi connectivity index (χ1n) is 7.20. The van der Waals surface area contributed by atoms with Crippen molar-refractivity contribution in [2.24, 2.45) is 5.41 Å². The standard InChI is InChI=1S/C16H26N2O/c1-16(2,13-18-10-9-17-14-18)8-11-19-12-15-6-4-3-5-7-15/h3-7,17H,8-14H2,1-2H3. The highest BCUT2D eigenvalue weighted by Crippen LogP contribution is 2.22. The smallest absolute Gasteiger partial charge is 0.0716 e. The number of hydrogen-bond acceptors (Lipinski definition) is 3. The topological polar surface area (TPSA) is 24.5 Å². The number of nitrogens with one attached hydrogen (secondary N) is 1. The predicted octanol–water partition coefficient (Wildman–Crippen LogP) is 2.48. The molecule has 1 N–H and O–H groups in total. The van der Waals surface area contributed by atoms with Crippen LogP contribution in [-0.2, 0) is 11.3 Å². The van der Waals surface area contributed by atoms with Gasteiger partial charge in [-0.1, -0.05) is 44.2 Å². The average Bonchev–Trinajstić information content (AvgIpc) is 2.88. The molecular weight excluding hydrogens is 236 g/mol. The van der Waals surface area contributed by atoms with Crippen molar-refractivity contribution in [1.29, 1.82) is 0 Å². The van der Waals surface area contributed by atoms with E-state index in [1.807, 2.05) is 6.07 Å².